The first-order valence-corrected chi connectivity index (χ1v) is 23.5. The number of esters is 1. The number of phenolic OH excluding ortho intramolecular Hbond substituents is 1. The Kier molecular flexibility index (Phi) is 20.9. The molecule has 1 aromatic carbocycles. The van der Waals surface area contributed by atoms with E-state index in [2.05, 4.69) is 18.7 Å². The standard InChI is InChI=1S/C49H74O21/c1-10-49(8,20-12-15-24(4)14-11-13-23(2)3)70-48-44(69-47-41(60)38(57)43(27(7)65-47)68-46-39(58)35(54)33(52)25(5)63-46)36(55)34(53)31(66-48)22-62-45-40(59)37(56)42(26(6)64-45)67-32(51)19-17-28-16-18-29(50)30(21-28)61-9/h10,13,15-19,21,25-27,31,33-48,50,52-60H,1,11-12,14,20,22H2,2-9H3/b19-17+,24-15+/t25-,26-,27-,31+,33-,34+,35+,36-,37-,38-,39+,40+,41+,42-,43-,44+,45+,46-,47-,48-,49?/m0/s1. The van der Waals surface area contributed by atoms with Crippen LogP contribution in [-0.2, 0) is 47.4 Å². The molecule has 21 atom stereocenters. The smallest absolute Gasteiger partial charge is 0.331 e. The van der Waals surface area contributed by atoms with Crippen molar-refractivity contribution in [2.24, 2.45) is 0 Å². The Morgan fingerprint density at radius 1 is 0.700 bits per heavy atom. The lowest BCUT2D eigenvalue weighted by Crippen LogP contribution is -2.66. The fourth-order valence-electron chi connectivity index (χ4n) is 8.43. The van der Waals surface area contributed by atoms with E-state index >= 15 is 0 Å². The van der Waals surface area contributed by atoms with E-state index in [1.54, 1.807) is 13.0 Å². The Bertz CT molecular complexity index is 1940. The van der Waals surface area contributed by atoms with Gasteiger partial charge in [-0.2, -0.15) is 0 Å². The fraction of sp³-hybridized carbons (Fsp3) is 0.694. The highest BCUT2D eigenvalue weighted by Crippen LogP contribution is 2.36. The van der Waals surface area contributed by atoms with E-state index in [4.69, 9.17) is 47.4 Å². The van der Waals surface area contributed by atoms with E-state index in [1.807, 2.05) is 20.8 Å². The summed E-state index contributed by atoms with van der Waals surface area (Å²) in [6.07, 6.45) is -19.8. The zero-order chi connectivity index (χ0) is 51.8. The molecule has 0 aromatic heterocycles. The van der Waals surface area contributed by atoms with Crippen molar-refractivity contribution >= 4 is 12.0 Å². The van der Waals surface area contributed by atoms with Gasteiger partial charge in [-0.05, 0) is 97.9 Å². The number of allylic oxidation sites excluding steroid dienone is 4. The van der Waals surface area contributed by atoms with Crippen molar-refractivity contribution in [2.75, 3.05) is 13.7 Å². The van der Waals surface area contributed by atoms with Gasteiger partial charge in [0.25, 0.3) is 0 Å². The van der Waals surface area contributed by atoms with E-state index in [0.29, 0.717) is 18.4 Å². The van der Waals surface area contributed by atoms with E-state index < -0.39 is 141 Å². The van der Waals surface area contributed by atoms with Gasteiger partial charge in [0.15, 0.2) is 42.8 Å². The predicted molar refractivity (Wildman–Crippen MR) is 246 cm³/mol. The number of aliphatic hydroxyl groups excluding tert-OH is 9. The Morgan fingerprint density at radius 3 is 1.94 bits per heavy atom. The number of rotatable bonds is 20. The third kappa shape index (κ3) is 14.4. The number of phenols is 1. The second kappa shape index (κ2) is 25.5. The second-order valence-corrected chi connectivity index (χ2v) is 18.8. The molecule has 70 heavy (non-hydrogen) atoms. The number of methoxy groups -OCH3 is 1. The van der Waals surface area contributed by atoms with Gasteiger partial charge in [-0.25, -0.2) is 4.79 Å². The van der Waals surface area contributed by atoms with E-state index in [0.717, 1.165) is 24.5 Å². The van der Waals surface area contributed by atoms with Crippen molar-refractivity contribution < 1.29 is 103 Å². The van der Waals surface area contributed by atoms with Gasteiger partial charge in [-0.3, -0.25) is 0 Å². The topological polar surface area (TPSA) is 312 Å². The van der Waals surface area contributed by atoms with Crippen molar-refractivity contribution in [2.45, 2.75) is 203 Å². The number of aliphatic hydroxyl groups is 9. The molecular weight excluding hydrogens is 925 g/mol. The lowest BCUT2D eigenvalue weighted by molar-refractivity contribution is -0.388. The Hall–Kier alpha value is -3.43. The van der Waals surface area contributed by atoms with Gasteiger partial charge >= 0.3 is 5.97 Å². The van der Waals surface area contributed by atoms with Crippen LogP contribution in [0.5, 0.6) is 11.5 Å². The number of aromatic hydroxyl groups is 1. The first-order chi connectivity index (χ1) is 33.0. The first kappa shape index (κ1) is 57.5. The highest BCUT2D eigenvalue weighted by Gasteiger charge is 2.54. The molecule has 1 aromatic rings. The van der Waals surface area contributed by atoms with Crippen LogP contribution in [0.15, 0.2) is 60.2 Å². The first-order valence-electron chi connectivity index (χ1n) is 23.5. The second-order valence-electron chi connectivity index (χ2n) is 18.8. The van der Waals surface area contributed by atoms with Crippen molar-refractivity contribution in [3.63, 3.8) is 0 Å². The van der Waals surface area contributed by atoms with Crippen LogP contribution in [0, 0.1) is 0 Å². The minimum Gasteiger partial charge on any atom is -0.504 e. The minimum absolute atomic E-state index is 0.0950. The molecule has 21 heteroatoms. The van der Waals surface area contributed by atoms with Gasteiger partial charge in [0.2, 0.25) is 0 Å². The fourth-order valence-corrected chi connectivity index (χ4v) is 8.43. The molecule has 396 valence electrons. The summed E-state index contributed by atoms with van der Waals surface area (Å²) in [5, 5.41) is 109. The van der Waals surface area contributed by atoms with Crippen LogP contribution in [0.2, 0.25) is 0 Å². The maximum absolute atomic E-state index is 12.8. The molecule has 10 N–H and O–H groups in total. The normalized spacial score (nSPS) is 39.2. The molecule has 0 radical (unpaired) electrons. The summed E-state index contributed by atoms with van der Waals surface area (Å²) in [4.78, 5) is 12.8. The molecule has 21 nitrogen and oxygen atoms in total. The van der Waals surface area contributed by atoms with Crippen LogP contribution < -0.4 is 4.74 Å². The number of hydrogen-bond donors (Lipinski definition) is 10. The van der Waals surface area contributed by atoms with Crippen LogP contribution in [-0.4, -0.2) is 199 Å². The molecule has 4 saturated heterocycles. The van der Waals surface area contributed by atoms with Crippen LogP contribution in [0.4, 0.5) is 0 Å². The average Bonchev–Trinajstić information content (AvgIpc) is 3.31. The maximum atomic E-state index is 12.8. The molecule has 0 bridgehead atoms. The molecule has 4 heterocycles. The number of carbonyl (C=O) groups excluding carboxylic acids is 1. The summed E-state index contributed by atoms with van der Waals surface area (Å²) in [6.45, 7) is 15.6. The molecule has 4 aliphatic heterocycles. The van der Waals surface area contributed by atoms with Gasteiger partial charge in [0.1, 0.15) is 73.2 Å². The van der Waals surface area contributed by atoms with E-state index in [9.17, 15) is 55.9 Å². The minimum atomic E-state index is -1.88. The third-order valence-electron chi connectivity index (χ3n) is 12.9. The number of ether oxygens (including phenoxy) is 10. The average molecular weight is 999 g/mol. The van der Waals surface area contributed by atoms with Gasteiger partial charge in [0, 0.05) is 6.08 Å². The molecule has 0 spiro atoms. The van der Waals surface area contributed by atoms with Gasteiger partial charge in [0.05, 0.1) is 37.6 Å². The van der Waals surface area contributed by atoms with E-state index in [1.165, 1.54) is 57.7 Å². The van der Waals surface area contributed by atoms with Crippen molar-refractivity contribution in [3.05, 3.63) is 65.8 Å². The molecular formula is C49H74O21. The largest absolute Gasteiger partial charge is 0.504 e. The predicted octanol–water partition coefficient (Wildman–Crippen LogP) is 0.754. The van der Waals surface area contributed by atoms with Gasteiger partial charge in [-0.1, -0.05) is 35.4 Å². The Morgan fingerprint density at radius 2 is 1.29 bits per heavy atom. The highest BCUT2D eigenvalue weighted by molar-refractivity contribution is 5.87. The quantitative estimate of drug-likeness (QED) is 0.0490. The third-order valence-corrected chi connectivity index (χ3v) is 12.9. The molecule has 5 rings (SSSR count). The Balaban J connectivity index is 1.28. The van der Waals surface area contributed by atoms with Gasteiger partial charge in [-0.15, -0.1) is 6.58 Å². The maximum Gasteiger partial charge on any atom is 0.331 e. The van der Waals surface area contributed by atoms with E-state index in [-0.39, 0.29) is 11.5 Å². The lowest BCUT2D eigenvalue weighted by atomic mass is 9.95. The molecule has 4 fully saturated rings. The number of carbonyl (C=O) groups is 1. The Labute approximate surface area is 408 Å². The monoisotopic (exact) mass is 998 g/mol. The van der Waals surface area contributed by atoms with Gasteiger partial charge < -0.3 is 98.4 Å². The molecule has 0 amide bonds. The highest BCUT2D eigenvalue weighted by atomic mass is 16.8. The van der Waals surface area contributed by atoms with Crippen molar-refractivity contribution in [1.29, 1.82) is 0 Å². The lowest BCUT2D eigenvalue weighted by Gasteiger charge is -2.49. The molecule has 4 aliphatic rings. The summed E-state index contributed by atoms with van der Waals surface area (Å²) in [7, 11) is 1.37. The summed E-state index contributed by atoms with van der Waals surface area (Å²) >= 11 is 0. The molecule has 1 unspecified atom stereocenters. The van der Waals surface area contributed by atoms with Crippen LogP contribution in [0.3, 0.4) is 0 Å². The van der Waals surface area contributed by atoms with Crippen LogP contribution in [0.1, 0.15) is 79.7 Å². The van der Waals surface area contributed by atoms with Crippen molar-refractivity contribution in [1.82, 2.24) is 0 Å². The van der Waals surface area contributed by atoms with Crippen LogP contribution in [0.25, 0.3) is 6.08 Å². The zero-order valence-electron chi connectivity index (χ0n) is 40.9. The number of benzene rings is 1. The summed E-state index contributed by atoms with van der Waals surface area (Å²) in [5.74, 6) is -0.788. The van der Waals surface area contributed by atoms with Crippen molar-refractivity contribution in [3.8, 4) is 11.5 Å². The summed E-state index contributed by atoms with van der Waals surface area (Å²) in [6, 6.07) is 4.41. The molecule has 0 saturated carbocycles. The zero-order valence-corrected chi connectivity index (χ0v) is 40.9. The van der Waals surface area contributed by atoms with Crippen LogP contribution >= 0.6 is 0 Å². The SMILES string of the molecule is C=CC(C)(CC/C=C(\C)CCC=C(C)C)O[C@@H]1O[C@H](CO[C@@H]2O[C@@H](C)[C@H](OC(=O)/C=C/c3ccc(O)c(OC)c3)[C@@H](O)[C@H]2O)[C@@H](O)[C@H](O)[C@H]1O[C@@H]1O[C@@H](C)[C@H](O[C@@H]2O[C@@H](C)[C@H](O)[C@@H](O)[C@H]2O)[C@@H](O)[C@H]1O. The number of hydrogen-bond acceptors (Lipinski definition) is 21. The molecule has 0 aliphatic carbocycles. The summed E-state index contributed by atoms with van der Waals surface area (Å²) in [5.41, 5.74) is 1.71. The summed E-state index contributed by atoms with van der Waals surface area (Å²) < 4.78 is 58.3.